The molecule has 2 heterocycles. The van der Waals surface area contributed by atoms with Gasteiger partial charge in [0.2, 0.25) is 0 Å². The molecule has 4 heteroatoms. The van der Waals surface area contributed by atoms with Crippen LogP contribution in [0, 0.1) is 0 Å². The van der Waals surface area contributed by atoms with Crippen LogP contribution >= 0.6 is 0 Å². The summed E-state index contributed by atoms with van der Waals surface area (Å²) in [6.07, 6.45) is 8.51. The third-order valence-corrected chi connectivity index (χ3v) is 8.74. The minimum atomic E-state index is 0.634. The SMILES string of the molecule is C1=CC(c2nc(-c3ccccc3)nc(-c3cccc4oc5c(-c6ccc7c(ccc8ccccc87)c6)cccc5c34)n2)=CCC1. The summed E-state index contributed by atoms with van der Waals surface area (Å²) in [4.78, 5) is 15.0. The van der Waals surface area contributed by atoms with E-state index in [-0.39, 0.29) is 0 Å². The Balaban J connectivity index is 1.24. The molecule has 1 aliphatic carbocycles. The predicted molar refractivity (Wildman–Crippen MR) is 185 cm³/mol. The molecule has 8 aromatic rings. The normalized spacial score (nSPS) is 13.2. The number of rotatable bonds is 4. The number of hydrogen-bond acceptors (Lipinski definition) is 4. The highest BCUT2D eigenvalue weighted by atomic mass is 16.3. The largest absolute Gasteiger partial charge is 0.455 e. The monoisotopic (exact) mass is 577 g/mol. The van der Waals surface area contributed by atoms with Crippen LogP contribution in [0.3, 0.4) is 0 Å². The topological polar surface area (TPSA) is 51.8 Å². The van der Waals surface area contributed by atoms with Crippen LogP contribution in [0.15, 0.2) is 144 Å². The Labute approximate surface area is 260 Å². The quantitative estimate of drug-likeness (QED) is 0.195. The number of hydrogen-bond donors (Lipinski definition) is 0. The molecule has 4 nitrogen and oxygen atoms in total. The first-order valence-electron chi connectivity index (χ1n) is 15.4. The van der Waals surface area contributed by atoms with E-state index >= 15 is 0 Å². The van der Waals surface area contributed by atoms with Crippen molar-refractivity contribution in [3.63, 3.8) is 0 Å². The highest BCUT2D eigenvalue weighted by Crippen LogP contribution is 2.41. The van der Waals surface area contributed by atoms with E-state index < -0.39 is 0 Å². The lowest BCUT2D eigenvalue weighted by atomic mass is 9.96. The van der Waals surface area contributed by atoms with Crippen molar-refractivity contribution in [3.05, 3.63) is 145 Å². The smallest absolute Gasteiger partial charge is 0.164 e. The van der Waals surface area contributed by atoms with Crippen molar-refractivity contribution in [3.8, 4) is 33.9 Å². The summed E-state index contributed by atoms with van der Waals surface area (Å²) in [6, 6.07) is 42.3. The van der Waals surface area contributed by atoms with Crippen LogP contribution in [-0.2, 0) is 0 Å². The summed E-state index contributed by atoms with van der Waals surface area (Å²) in [7, 11) is 0. The van der Waals surface area contributed by atoms with Gasteiger partial charge >= 0.3 is 0 Å². The molecular weight excluding hydrogens is 550 g/mol. The molecule has 45 heavy (non-hydrogen) atoms. The zero-order valence-corrected chi connectivity index (χ0v) is 24.4. The van der Waals surface area contributed by atoms with Crippen molar-refractivity contribution in [2.45, 2.75) is 12.8 Å². The van der Waals surface area contributed by atoms with Crippen LogP contribution in [0.1, 0.15) is 18.7 Å². The molecule has 9 rings (SSSR count). The van der Waals surface area contributed by atoms with Gasteiger partial charge in [-0.2, -0.15) is 0 Å². The molecule has 0 amide bonds. The van der Waals surface area contributed by atoms with Crippen LogP contribution in [0.25, 0.3) is 83.0 Å². The Kier molecular flexibility index (Phi) is 5.91. The Hall–Kier alpha value is -5.87. The Morgan fingerprint density at radius 2 is 1.27 bits per heavy atom. The molecule has 0 fully saturated rings. The minimum Gasteiger partial charge on any atom is -0.455 e. The molecule has 6 aromatic carbocycles. The van der Waals surface area contributed by atoms with E-state index in [1.165, 1.54) is 21.5 Å². The minimum absolute atomic E-state index is 0.634. The second-order valence-corrected chi connectivity index (χ2v) is 11.5. The average Bonchev–Trinajstić information content (AvgIpc) is 3.51. The van der Waals surface area contributed by atoms with E-state index in [0.29, 0.717) is 17.5 Å². The van der Waals surface area contributed by atoms with Gasteiger partial charge in [0.1, 0.15) is 11.2 Å². The highest BCUT2D eigenvalue weighted by Gasteiger charge is 2.20. The Morgan fingerprint density at radius 1 is 0.511 bits per heavy atom. The zero-order valence-electron chi connectivity index (χ0n) is 24.4. The van der Waals surface area contributed by atoms with Crippen molar-refractivity contribution in [1.82, 2.24) is 15.0 Å². The maximum atomic E-state index is 6.65. The van der Waals surface area contributed by atoms with Crippen molar-refractivity contribution in [1.29, 1.82) is 0 Å². The third kappa shape index (κ3) is 4.34. The summed E-state index contributed by atoms with van der Waals surface area (Å²) < 4.78 is 6.65. The van der Waals surface area contributed by atoms with Crippen LogP contribution in [0.5, 0.6) is 0 Å². The van der Waals surface area contributed by atoms with Crippen molar-refractivity contribution in [2.24, 2.45) is 0 Å². The average molecular weight is 578 g/mol. The number of benzene rings is 6. The van der Waals surface area contributed by atoms with Gasteiger partial charge in [-0.3, -0.25) is 0 Å². The Bertz CT molecular complexity index is 2490. The van der Waals surface area contributed by atoms with Gasteiger partial charge in [0.25, 0.3) is 0 Å². The maximum Gasteiger partial charge on any atom is 0.164 e. The lowest BCUT2D eigenvalue weighted by molar-refractivity contribution is 0.670. The molecule has 0 atom stereocenters. The molecule has 0 spiro atoms. The standard InChI is InChI=1S/C41H27N3O/c1-3-12-27(13-4-1)39-42-40(28-14-5-2-6-15-28)44-41(43-39)35-19-10-20-36-37(35)34-18-9-17-33(38(34)45-36)30-23-24-32-29(25-30)22-21-26-11-7-8-16-31(26)32/h1,3-5,7-25H,2,6H2. The van der Waals surface area contributed by atoms with Gasteiger partial charge in [0.05, 0.1) is 0 Å². The van der Waals surface area contributed by atoms with Crippen molar-refractivity contribution >= 4 is 49.1 Å². The summed E-state index contributed by atoms with van der Waals surface area (Å²) in [5.74, 6) is 1.98. The van der Waals surface area contributed by atoms with E-state index in [1.54, 1.807) is 0 Å². The molecule has 0 aliphatic heterocycles. The van der Waals surface area contributed by atoms with Crippen molar-refractivity contribution < 1.29 is 4.42 Å². The molecule has 2 aromatic heterocycles. The second-order valence-electron chi connectivity index (χ2n) is 11.5. The highest BCUT2D eigenvalue weighted by molar-refractivity contribution is 6.15. The fourth-order valence-electron chi connectivity index (χ4n) is 6.56. The molecule has 0 saturated heterocycles. The van der Waals surface area contributed by atoms with Crippen LogP contribution in [0.4, 0.5) is 0 Å². The molecule has 1 aliphatic rings. The number of fused-ring (bicyclic) bond motifs is 6. The number of para-hydroxylation sites is 1. The van der Waals surface area contributed by atoms with E-state index in [2.05, 4.69) is 97.1 Å². The van der Waals surface area contributed by atoms with Gasteiger partial charge in [0.15, 0.2) is 17.5 Å². The first-order chi connectivity index (χ1) is 22.3. The fourth-order valence-corrected chi connectivity index (χ4v) is 6.56. The van der Waals surface area contributed by atoms with E-state index in [4.69, 9.17) is 19.4 Å². The van der Waals surface area contributed by atoms with Gasteiger partial charge in [0, 0.05) is 33.0 Å². The summed E-state index contributed by atoms with van der Waals surface area (Å²) in [5.41, 5.74) is 6.75. The molecule has 212 valence electrons. The Morgan fingerprint density at radius 3 is 2.18 bits per heavy atom. The number of aromatic nitrogens is 3. The summed E-state index contributed by atoms with van der Waals surface area (Å²) >= 11 is 0. The molecule has 0 saturated carbocycles. The summed E-state index contributed by atoms with van der Waals surface area (Å²) in [5, 5.41) is 7.01. The van der Waals surface area contributed by atoms with Gasteiger partial charge < -0.3 is 4.42 Å². The lowest BCUT2D eigenvalue weighted by Gasteiger charge is -2.11. The van der Waals surface area contributed by atoms with Gasteiger partial charge in [-0.15, -0.1) is 0 Å². The third-order valence-electron chi connectivity index (χ3n) is 8.74. The zero-order chi connectivity index (χ0) is 29.7. The first-order valence-corrected chi connectivity index (χ1v) is 15.4. The molecule has 0 unspecified atom stereocenters. The maximum absolute atomic E-state index is 6.65. The van der Waals surface area contributed by atoms with Crippen molar-refractivity contribution in [2.75, 3.05) is 0 Å². The molecule has 0 bridgehead atoms. The van der Waals surface area contributed by atoms with Crippen LogP contribution in [-0.4, -0.2) is 15.0 Å². The predicted octanol–water partition coefficient (Wildman–Crippen LogP) is 10.8. The molecular formula is C41H27N3O. The number of nitrogens with zero attached hydrogens (tertiary/aromatic N) is 3. The summed E-state index contributed by atoms with van der Waals surface area (Å²) in [6.45, 7) is 0. The van der Waals surface area contributed by atoms with Gasteiger partial charge in [-0.05, 0) is 52.1 Å². The first kappa shape index (κ1) is 25.6. The van der Waals surface area contributed by atoms with Gasteiger partial charge in [-0.25, -0.2) is 15.0 Å². The van der Waals surface area contributed by atoms with E-state index in [0.717, 1.165) is 62.6 Å². The van der Waals surface area contributed by atoms with Crippen LogP contribution in [0.2, 0.25) is 0 Å². The van der Waals surface area contributed by atoms with E-state index in [1.807, 2.05) is 42.5 Å². The number of furan rings is 1. The van der Waals surface area contributed by atoms with E-state index in [9.17, 15) is 0 Å². The number of allylic oxidation sites excluding steroid dienone is 4. The van der Waals surface area contributed by atoms with Gasteiger partial charge in [-0.1, -0.05) is 127 Å². The van der Waals surface area contributed by atoms with Crippen LogP contribution < -0.4 is 0 Å². The second kappa shape index (κ2) is 10.4. The fraction of sp³-hybridized carbons (Fsp3) is 0.0488. The molecule has 0 N–H and O–H groups in total. The molecule has 0 radical (unpaired) electrons. The lowest BCUT2D eigenvalue weighted by Crippen LogP contribution is -2.03.